The minimum Gasteiger partial charge on any atom is -0.618 e. The molecule has 92 valence electrons. The zero-order valence-corrected chi connectivity index (χ0v) is 10.3. The van der Waals surface area contributed by atoms with E-state index in [9.17, 15) is 10.0 Å². The number of carbonyl (C=O) groups is 1. The van der Waals surface area contributed by atoms with Gasteiger partial charge in [-0.3, -0.25) is 4.79 Å². The van der Waals surface area contributed by atoms with Crippen molar-refractivity contribution in [2.45, 2.75) is 19.8 Å². The molecule has 0 spiro atoms. The fourth-order valence-electron chi connectivity index (χ4n) is 2.04. The molecular formula is C15H15NO2. The van der Waals surface area contributed by atoms with Gasteiger partial charge >= 0.3 is 0 Å². The van der Waals surface area contributed by atoms with E-state index in [1.54, 1.807) is 12.1 Å². The molecule has 18 heavy (non-hydrogen) atoms. The first-order chi connectivity index (χ1) is 8.67. The van der Waals surface area contributed by atoms with E-state index >= 15 is 0 Å². The van der Waals surface area contributed by atoms with Gasteiger partial charge in [-0.05, 0) is 24.6 Å². The van der Waals surface area contributed by atoms with Gasteiger partial charge in [0.25, 0.3) is 0 Å². The maximum Gasteiger partial charge on any atom is 0.231 e. The number of rotatable bonds is 4. The summed E-state index contributed by atoms with van der Waals surface area (Å²) in [7, 11) is 0. The molecule has 0 N–H and O–H groups in total. The summed E-state index contributed by atoms with van der Waals surface area (Å²) in [5.41, 5.74) is 1.80. The van der Waals surface area contributed by atoms with E-state index in [0.717, 1.165) is 22.1 Å². The van der Waals surface area contributed by atoms with Crippen LogP contribution in [0.1, 0.15) is 35.7 Å². The second-order valence-electron chi connectivity index (χ2n) is 4.22. The average molecular weight is 241 g/mol. The molecule has 3 heteroatoms. The van der Waals surface area contributed by atoms with E-state index < -0.39 is 0 Å². The predicted molar refractivity (Wildman–Crippen MR) is 72.2 cm³/mol. The van der Waals surface area contributed by atoms with Gasteiger partial charge in [0.2, 0.25) is 5.52 Å². The normalized spacial score (nSPS) is 10.5. The lowest BCUT2D eigenvalue weighted by molar-refractivity contribution is -0.577. The van der Waals surface area contributed by atoms with Crippen LogP contribution in [0.5, 0.6) is 0 Å². The molecule has 0 saturated carbocycles. The molecule has 0 bridgehead atoms. The molecule has 2 aromatic rings. The standard InChI is InChI=1S/C15H15NO2/c1-3-6-14(17)13-9-12-8-5-7-11(4-2)15(12)16(18)10-13/h4-5,7-10H,2-3,6H2,1H3. The Kier molecular flexibility index (Phi) is 3.42. The van der Waals surface area contributed by atoms with E-state index in [1.807, 2.05) is 25.1 Å². The molecule has 0 atom stereocenters. The van der Waals surface area contributed by atoms with Crippen LogP contribution in [-0.4, -0.2) is 5.78 Å². The summed E-state index contributed by atoms with van der Waals surface area (Å²) >= 11 is 0. The Labute approximate surface area is 106 Å². The van der Waals surface area contributed by atoms with Crippen molar-refractivity contribution in [2.75, 3.05) is 0 Å². The van der Waals surface area contributed by atoms with Gasteiger partial charge in [0.15, 0.2) is 12.0 Å². The Bertz CT molecular complexity index is 617. The van der Waals surface area contributed by atoms with Gasteiger partial charge in [0, 0.05) is 17.4 Å². The van der Waals surface area contributed by atoms with E-state index in [-0.39, 0.29) is 5.78 Å². The van der Waals surface area contributed by atoms with Gasteiger partial charge in [-0.15, -0.1) is 0 Å². The number of ketones is 1. The van der Waals surface area contributed by atoms with Crippen LogP contribution < -0.4 is 4.73 Å². The lowest BCUT2D eigenvalue weighted by atomic mass is 10.0. The minimum atomic E-state index is 0.00741. The van der Waals surface area contributed by atoms with E-state index in [4.69, 9.17) is 0 Å². The first-order valence-corrected chi connectivity index (χ1v) is 5.99. The molecule has 0 aliphatic heterocycles. The molecule has 0 radical (unpaired) electrons. The Morgan fingerprint density at radius 2 is 2.28 bits per heavy atom. The molecule has 0 aliphatic rings. The van der Waals surface area contributed by atoms with Crippen molar-refractivity contribution in [3.63, 3.8) is 0 Å². The summed E-state index contributed by atoms with van der Waals surface area (Å²) in [6.45, 7) is 5.63. The van der Waals surface area contributed by atoms with Gasteiger partial charge in [0.1, 0.15) is 0 Å². The van der Waals surface area contributed by atoms with Gasteiger partial charge in [-0.2, -0.15) is 4.73 Å². The van der Waals surface area contributed by atoms with Gasteiger partial charge < -0.3 is 5.21 Å². The first kappa shape index (κ1) is 12.3. The maximum atomic E-state index is 12.0. The van der Waals surface area contributed by atoms with E-state index in [0.29, 0.717) is 17.5 Å². The zero-order chi connectivity index (χ0) is 13.1. The predicted octanol–water partition coefficient (Wildman–Crippen LogP) is 3.10. The SMILES string of the molecule is C=Cc1cccc2cc(C(=O)CCC)c[n+]([O-])c12. The second kappa shape index (κ2) is 5.00. The Morgan fingerprint density at radius 1 is 1.50 bits per heavy atom. The van der Waals surface area contributed by atoms with Gasteiger partial charge in [-0.25, -0.2) is 0 Å². The number of pyridine rings is 1. The highest BCUT2D eigenvalue weighted by Gasteiger charge is 2.14. The maximum absolute atomic E-state index is 12.0. The van der Waals surface area contributed by atoms with Crippen LogP contribution in [0.2, 0.25) is 0 Å². The summed E-state index contributed by atoms with van der Waals surface area (Å²) in [4.78, 5) is 11.8. The van der Waals surface area contributed by atoms with Crippen molar-refractivity contribution in [3.8, 4) is 0 Å². The highest BCUT2D eigenvalue weighted by Crippen LogP contribution is 2.18. The van der Waals surface area contributed by atoms with Crippen LogP contribution >= 0.6 is 0 Å². The zero-order valence-electron chi connectivity index (χ0n) is 10.3. The largest absolute Gasteiger partial charge is 0.618 e. The van der Waals surface area contributed by atoms with Crippen LogP contribution in [-0.2, 0) is 0 Å². The molecule has 1 aromatic carbocycles. The number of nitrogens with zero attached hydrogens (tertiary/aromatic N) is 1. The third kappa shape index (κ3) is 2.12. The number of hydrogen-bond donors (Lipinski definition) is 0. The summed E-state index contributed by atoms with van der Waals surface area (Å²) < 4.78 is 0.759. The van der Waals surface area contributed by atoms with Gasteiger partial charge in [0.05, 0.1) is 5.56 Å². The second-order valence-corrected chi connectivity index (χ2v) is 4.22. The third-order valence-electron chi connectivity index (χ3n) is 2.91. The molecule has 1 heterocycles. The highest BCUT2D eigenvalue weighted by molar-refractivity contribution is 5.98. The Balaban J connectivity index is 2.64. The molecule has 0 fully saturated rings. The fourth-order valence-corrected chi connectivity index (χ4v) is 2.04. The van der Waals surface area contributed by atoms with E-state index in [1.165, 1.54) is 6.20 Å². The topological polar surface area (TPSA) is 44.0 Å². The molecule has 3 nitrogen and oxygen atoms in total. The number of Topliss-reactive ketones (excluding diaryl/α,β-unsaturated/α-hetero) is 1. The van der Waals surface area contributed by atoms with Crippen LogP contribution in [0.3, 0.4) is 0 Å². The number of carbonyl (C=O) groups excluding carboxylic acids is 1. The summed E-state index contributed by atoms with van der Waals surface area (Å²) in [6.07, 6.45) is 4.24. The van der Waals surface area contributed by atoms with Crippen molar-refractivity contribution in [1.29, 1.82) is 0 Å². The van der Waals surface area contributed by atoms with E-state index in [2.05, 4.69) is 6.58 Å². The summed E-state index contributed by atoms with van der Waals surface area (Å²) in [6, 6.07) is 7.29. The summed E-state index contributed by atoms with van der Waals surface area (Å²) in [5.74, 6) is 0.00741. The molecule has 0 saturated heterocycles. The van der Waals surface area contributed by atoms with Crippen molar-refractivity contribution in [2.24, 2.45) is 0 Å². The fraction of sp³-hybridized carbons (Fsp3) is 0.200. The first-order valence-electron chi connectivity index (χ1n) is 5.99. The molecule has 2 rings (SSSR count). The monoisotopic (exact) mass is 241 g/mol. The van der Waals surface area contributed by atoms with Crippen LogP contribution in [0.25, 0.3) is 17.0 Å². The highest BCUT2D eigenvalue weighted by atomic mass is 16.5. The van der Waals surface area contributed by atoms with Crippen molar-refractivity contribution in [1.82, 2.24) is 0 Å². The molecular weight excluding hydrogens is 226 g/mol. The lowest BCUT2D eigenvalue weighted by Crippen LogP contribution is -2.28. The average Bonchev–Trinajstić information content (AvgIpc) is 2.38. The number of fused-ring (bicyclic) bond motifs is 1. The Hall–Kier alpha value is -2.16. The summed E-state index contributed by atoms with van der Waals surface area (Å²) in [5, 5.41) is 12.8. The molecule has 0 aliphatic carbocycles. The number of para-hydroxylation sites is 1. The molecule has 1 aromatic heterocycles. The number of benzene rings is 1. The van der Waals surface area contributed by atoms with Crippen LogP contribution in [0.4, 0.5) is 0 Å². The van der Waals surface area contributed by atoms with Crippen LogP contribution in [0.15, 0.2) is 37.0 Å². The molecule has 0 unspecified atom stereocenters. The Morgan fingerprint density at radius 3 is 2.94 bits per heavy atom. The third-order valence-corrected chi connectivity index (χ3v) is 2.91. The smallest absolute Gasteiger partial charge is 0.231 e. The molecule has 0 amide bonds. The van der Waals surface area contributed by atoms with Crippen molar-refractivity contribution in [3.05, 3.63) is 53.4 Å². The van der Waals surface area contributed by atoms with Crippen molar-refractivity contribution >= 4 is 22.8 Å². The van der Waals surface area contributed by atoms with Crippen LogP contribution in [0, 0.1) is 5.21 Å². The quantitative estimate of drug-likeness (QED) is 0.469. The van der Waals surface area contributed by atoms with Crippen molar-refractivity contribution < 1.29 is 9.52 Å². The van der Waals surface area contributed by atoms with Gasteiger partial charge in [-0.1, -0.05) is 25.6 Å². The lowest BCUT2D eigenvalue weighted by Gasteiger charge is -2.06. The minimum absolute atomic E-state index is 0.00741. The number of hydrogen-bond acceptors (Lipinski definition) is 2. The number of aromatic nitrogens is 1.